The average Bonchev–Trinajstić information content (AvgIpc) is 3.33. The zero-order valence-electron chi connectivity index (χ0n) is 15.3. The summed E-state index contributed by atoms with van der Waals surface area (Å²) < 4.78 is 0. The predicted molar refractivity (Wildman–Crippen MR) is 103 cm³/mol. The fourth-order valence-electron chi connectivity index (χ4n) is 5.30. The van der Waals surface area contributed by atoms with Crippen LogP contribution in [-0.4, -0.2) is 28.9 Å². The molecule has 1 aromatic heterocycles. The second kappa shape index (κ2) is 7.62. The second-order valence-electron chi connectivity index (χ2n) is 8.17. The number of aliphatic carboxylic acids is 1. The molecule has 0 spiro atoms. The van der Waals surface area contributed by atoms with E-state index in [0.29, 0.717) is 10.6 Å². The van der Waals surface area contributed by atoms with Crippen LogP contribution in [0.1, 0.15) is 61.7 Å². The molecule has 6 nitrogen and oxygen atoms in total. The Morgan fingerprint density at radius 3 is 2.22 bits per heavy atom. The molecule has 0 radical (unpaired) electrons. The van der Waals surface area contributed by atoms with E-state index in [4.69, 9.17) is 0 Å². The van der Waals surface area contributed by atoms with Gasteiger partial charge in [-0.25, -0.2) is 0 Å². The predicted octanol–water partition coefficient (Wildman–Crippen LogP) is 3.50. The first-order valence-electron chi connectivity index (χ1n) is 9.96. The highest BCUT2D eigenvalue weighted by Gasteiger charge is 2.50. The molecule has 5 rings (SSSR count). The Bertz CT molecular complexity index is 732. The smallest absolute Gasteiger partial charge is 0.307 e. The number of hydrogen-bond acceptors (Lipinski definition) is 4. The minimum absolute atomic E-state index is 0.0942. The average molecular weight is 391 g/mol. The maximum Gasteiger partial charge on any atom is 0.307 e. The molecule has 1 aromatic rings. The third-order valence-electron chi connectivity index (χ3n) is 6.64. The van der Waals surface area contributed by atoms with Crippen LogP contribution in [0.15, 0.2) is 11.4 Å². The summed E-state index contributed by atoms with van der Waals surface area (Å²) in [7, 11) is 0. The molecule has 27 heavy (non-hydrogen) atoms. The van der Waals surface area contributed by atoms with Crippen LogP contribution in [0.3, 0.4) is 0 Å². The van der Waals surface area contributed by atoms with Gasteiger partial charge in [-0.3, -0.25) is 14.4 Å². The Kier molecular flexibility index (Phi) is 5.21. The van der Waals surface area contributed by atoms with Gasteiger partial charge in [0.05, 0.1) is 17.4 Å². The lowest BCUT2D eigenvalue weighted by molar-refractivity contribution is -0.156. The van der Waals surface area contributed by atoms with Crippen molar-refractivity contribution < 1.29 is 19.5 Å². The van der Waals surface area contributed by atoms with Crippen LogP contribution in [-0.2, 0) is 9.59 Å². The van der Waals surface area contributed by atoms with E-state index in [0.717, 1.165) is 51.4 Å². The fraction of sp³-hybridized carbons (Fsp3) is 0.650. The first-order valence-corrected chi connectivity index (χ1v) is 10.8. The molecule has 1 heterocycles. The largest absolute Gasteiger partial charge is 0.481 e. The van der Waals surface area contributed by atoms with Gasteiger partial charge in [0.1, 0.15) is 5.00 Å². The van der Waals surface area contributed by atoms with Crippen molar-refractivity contribution in [3.05, 3.63) is 17.0 Å². The quantitative estimate of drug-likeness (QED) is 0.717. The summed E-state index contributed by atoms with van der Waals surface area (Å²) in [6.07, 6.45) is 7.93. The lowest BCUT2D eigenvalue weighted by Crippen LogP contribution is -2.49. The summed E-state index contributed by atoms with van der Waals surface area (Å²) >= 11 is 1.32. The molecule has 4 saturated carbocycles. The number of hydrogen-bond donors (Lipinski definition) is 3. The number of thiophene rings is 1. The van der Waals surface area contributed by atoms with Gasteiger partial charge in [-0.2, -0.15) is 0 Å². The van der Waals surface area contributed by atoms with Crippen LogP contribution in [0, 0.1) is 23.7 Å². The van der Waals surface area contributed by atoms with E-state index in [1.165, 1.54) is 11.3 Å². The van der Waals surface area contributed by atoms with E-state index >= 15 is 0 Å². The van der Waals surface area contributed by atoms with Crippen LogP contribution >= 0.6 is 11.3 Å². The molecule has 4 fully saturated rings. The van der Waals surface area contributed by atoms with Crippen molar-refractivity contribution in [2.45, 2.75) is 57.4 Å². The standard InChI is InChI=1S/C20H26N2O4S/c23-17(21-13-3-1-2-4-13)14-9-10-27-19(14)22-18(24)15-11-5-7-12(8-6-11)16(15)20(25)26/h9-13,15-16H,1-8H2,(H,21,23)(H,22,24)(H,25,26). The molecule has 2 unspecified atom stereocenters. The number of nitrogens with one attached hydrogen (secondary N) is 2. The van der Waals surface area contributed by atoms with E-state index in [1.54, 1.807) is 11.4 Å². The molecule has 0 aliphatic heterocycles. The minimum atomic E-state index is -0.866. The van der Waals surface area contributed by atoms with E-state index in [2.05, 4.69) is 10.6 Å². The molecule has 0 aromatic carbocycles. The summed E-state index contributed by atoms with van der Waals surface area (Å²) in [4.78, 5) is 37.4. The number of amides is 2. The molecule has 3 N–H and O–H groups in total. The van der Waals surface area contributed by atoms with Gasteiger partial charge < -0.3 is 15.7 Å². The first kappa shape index (κ1) is 18.5. The maximum absolute atomic E-state index is 13.0. The van der Waals surface area contributed by atoms with E-state index in [-0.39, 0.29) is 29.7 Å². The molecule has 0 saturated heterocycles. The van der Waals surface area contributed by atoms with Crippen molar-refractivity contribution in [2.24, 2.45) is 23.7 Å². The number of anilines is 1. The lowest BCUT2D eigenvalue weighted by atomic mass is 9.58. The summed E-state index contributed by atoms with van der Waals surface area (Å²) in [5, 5.41) is 17.9. The minimum Gasteiger partial charge on any atom is -0.481 e. The van der Waals surface area contributed by atoms with Crippen molar-refractivity contribution in [1.29, 1.82) is 0 Å². The molecule has 7 heteroatoms. The maximum atomic E-state index is 13.0. The Balaban J connectivity index is 1.47. The van der Waals surface area contributed by atoms with Crippen LogP contribution in [0.25, 0.3) is 0 Å². The van der Waals surface area contributed by atoms with Gasteiger partial charge in [0.25, 0.3) is 5.91 Å². The molecular weight excluding hydrogens is 364 g/mol. The van der Waals surface area contributed by atoms with Crippen LogP contribution < -0.4 is 10.6 Å². The number of fused-ring (bicyclic) bond motifs is 3. The molecule has 2 bridgehead atoms. The number of carbonyl (C=O) groups excluding carboxylic acids is 2. The van der Waals surface area contributed by atoms with Crippen molar-refractivity contribution in [1.82, 2.24) is 5.32 Å². The van der Waals surface area contributed by atoms with Gasteiger partial charge in [-0.1, -0.05) is 12.8 Å². The second-order valence-corrected chi connectivity index (χ2v) is 9.09. The summed E-state index contributed by atoms with van der Waals surface area (Å²) in [5.74, 6) is -2.14. The highest BCUT2D eigenvalue weighted by Crippen LogP contribution is 2.49. The monoisotopic (exact) mass is 390 g/mol. The number of carboxylic acids is 1. The van der Waals surface area contributed by atoms with E-state index < -0.39 is 17.8 Å². The van der Waals surface area contributed by atoms with Gasteiger partial charge in [-0.15, -0.1) is 11.3 Å². The van der Waals surface area contributed by atoms with Gasteiger partial charge in [-0.05, 0) is 61.8 Å². The Morgan fingerprint density at radius 1 is 0.963 bits per heavy atom. The normalized spacial score (nSPS) is 30.2. The summed E-state index contributed by atoms with van der Waals surface area (Å²) in [6.45, 7) is 0. The number of rotatable bonds is 5. The molecule has 2 amide bonds. The van der Waals surface area contributed by atoms with Gasteiger partial charge in [0, 0.05) is 6.04 Å². The van der Waals surface area contributed by atoms with E-state index in [1.807, 2.05) is 0 Å². The summed E-state index contributed by atoms with van der Waals surface area (Å²) in [6, 6.07) is 1.94. The Morgan fingerprint density at radius 2 is 1.59 bits per heavy atom. The lowest BCUT2D eigenvalue weighted by Gasteiger charge is -2.45. The summed E-state index contributed by atoms with van der Waals surface area (Å²) in [5.41, 5.74) is 0.480. The number of carbonyl (C=O) groups is 3. The van der Waals surface area contributed by atoms with Gasteiger partial charge in [0.2, 0.25) is 5.91 Å². The highest BCUT2D eigenvalue weighted by atomic mass is 32.1. The fourth-order valence-corrected chi connectivity index (χ4v) is 6.08. The van der Waals surface area contributed by atoms with Crippen LogP contribution in [0.2, 0.25) is 0 Å². The molecule has 2 atom stereocenters. The Labute approximate surface area is 162 Å². The van der Waals surface area contributed by atoms with Crippen molar-refractivity contribution in [2.75, 3.05) is 5.32 Å². The third-order valence-corrected chi connectivity index (χ3v) is 7.47. The SMILES string of the molecule is O=C(NC1CCCC1)c1ccsc1NC(=O)C1C2CCC(CC2)C1C(=O)O. The molecule has 4 aliphatic rings. The van der Waals surface area contributed by atoms with Crippen molar-refractivity contribution in [3.8, 4) is 0 Å². The van der Waals surface area contributed by atoms with Gasteiger partial charge >= 0.3 is 5.97 Å². The first-order chi connectivity index (χ1) is 13.0. The molecular formula is C20H26N2O4S. The topological polar surface area (TPSA) is 95.5 Å². The van der Waals surface area contributed by atoms with Crippen LogP contribution in [0.4, 0.5) is 5.00 Å². The van der Waals surface area contributed by atoms with Gasteiger partial charge in [0.15, 0.2) is 0 Å². The molecule has 4 aliphatic carbocycles. The third kappa shape index (κ3) is 3.61. The Hall–Kier alpha value is -1.89. The highest BCUT2D eigenvalue weighted by molar-refractivity contribution is 7.14. The molecule has 146 valence electrons. The van der Waals surface area contributed by atoms with E-state index in [9.17, 15) is 19.5 Å². The van der Waals surface area contributed by atoms with Crippen molar-refractivity contribution >= 4 is 34.1 Å². The zero-order valence-corrected chi connectivity index (χ0v) is 16.1. The number of carboxylic acid groups (broad SMARTS) is 1. The van der Waals surface area contributed by atoms with Crippen LogP contribution in [0.5, 0.6) is 0 Å². The zero-order chi connectivity index (χ0) is 19.0. The van der Waals surface area contributed by atoms with Crippen molar-refractivity contribution in [3.63, 3.8) is 0 Å².